The van der Waals surface area contributed by atoms with Crippen LogP contribution in [0, 0.1) is 0 Å². The zero-order chi connectivity index (χ0) is 15.6. The standard InChI is InChI=1S/C14H22N2O2S3/c1-5-18-13(17)11-9(15)10(19-4)12(21-11)16-6-7-20-14(2,3)8-16/h5-8,15H2,1-4H3. The maximum atomic E-state index is 12.0. The molecule has 0 atom stereocenters. The molecule has 0 radical (unpaired) electrons. The highest BCUT2D eigenvalue weighted by Gasteiger charge is 2.31. The van der Waals surface area contributed by atoms with Crippen molar-refractivity contribution in [3.05, 3.63) is 4.88 Å². The van der Waals surface area contributed by atoms with E-state index in [2.05, 4.69) is 18.7 Å². The van der Waals surface area contributed by atoms with Crippen molar-refractivity contribution in [2.75, 3.05) is 42.3 Å². The largest absolute Gasteiger partial charge is 0.462 e. The fourth-order valence-electron chi connectivity index (χ4n) is 2.36. The van der Waals surface area contributed by atoms with Gasteiger partial charge in [-0.3, -0.25) is 0 Å². The van der Waals surface area contributed by atoms with Gasteiger partial charge in [0.25, 0.3) is 0 Å². The van der Waals surface area contributed by atoms with Crippen LogP contribution in [0.5, 0.6) is 0 Å². The third kappa shape index (κ3) is 3.63. The number of carbonyl (C=O) groups excluding carboxylic acids is 1. The van der Waals surface area contributed by atoms with E-state index in [1.807, 2.05) is 24.9 Å². The molecule has 2 rings (SSSR count). The van der Waals surface area contributed by atoms with E-state index < -0.39 is 0 Å². The molecule has 1 saturated heterocycles. The molecule has 1 aromatic rings. The van der Waals surface area contributed by atoms with E-state index in [9.17, 15) is 4.79 Å². The van der Waals surface area contributed by atoms with E-state index in [1.54, 1.807) is 11.8 Å². The van der Waals surface area contributed by atoms with Crippen molar-refractivity contribution in [2.24, 2.45) is 0 Å². The number of esters is 1. The van der Waals surface area contributed by atoms with Gasteiger partial charge in [0.05, 0.1) is 17.2 Å². The van der Waals surface area contributed by atoms with Crippen LogP contribution in [0.2, 0.25) is 0 Å². The maximum Gasteiger partial charge on any atom is 0.350 e. The molecule has 0 aliphatic carbocycles. The van der Waals surface area contributed by atoms with Crippen molar-refractivity contribution in [3.63, 3.8) is 0 Å². The first-order valence-electron chi connectivity index (χ1n) is 6.92. The van der Waals surface area contributed by atoms with Crippen molar-refractivity contribution < 1.29 is 9.53 Å². The van der Waals surface area contributed by atoms with Gasteiger partial charge in [0.1, 0.15) is 9.88 Å². The van der Waals surface area contributed by atoms with Crippen LogP contribution in [0.1, 0.15) is 30.4 Å². The topological polar surface area (TPSA) is 55.6 Å². The number of nitrogens with two attached hydrogens (primary N) is 1. The number of hydrogen-bond acceptors (Lipinski definition) is 7. The molecule has 1 aromatic heterocycles. The summed E-state index contributed by atoms with van der Waals surface area (Å²) in [6, 6.07) is 0. The van der Waals surface area contributed by atoms with Crippen molar-refractivity contribution in [1.82, 2.24) is 0 Å². The number of anilines is 2. The summed E-state index contributed by atoms with van der Waals surface area (Å²) in [7, 11) is 0. The SMILES string of the molecule is CCOC(=O)c1sc(N2CCSC(C)(C)C2)c(SC)c1N. The normalized spacial score (nSPS) is 17.8. The van der Waals surface area contributed by atoms with Gasteiger partial charge in [-0.2, -0.15) is 11.8 Å². The molecule has 0 saturated carbocycles. The number of ether oxygens (including phenoxy) is 1. The van der Waals surface area contributed by atoms with Gasteiger partial charge < -0.3 is 15.4 Å². The minimum Gasteiger partial charge on any atom is -0.462 e. The lowest BCUT2D eigenvalue weighted by Gasteiger charge is -2.38. The van der Waals surface area contributed by atoms with Crippen LogP contribution in [-0.2, 0) is 4.74 Å². The summed E-state index contributed by atoms with van der Waals surface area (Å²) in [5.74, 6) is 0.778. The Kier molecular flexibility index (Phi) is 5.38. The Morgan fingerprint density at radius 3 is 2.81 bits per heavy atom. The minimum absolute atomic E-state index is 0.219. The van der Waals surface area contributed by atoms with Crippen molar-refractivity contribution in [3.8, 4) is 0 Å². The highest BCUT2D eigenvalue weighted by molar-refractivity contribution is 8.00. The maximum absolute atomic E-state index is 12.0. The number of rotatable bonds is 4. The van der Waals surface area contributed by atoms with Crippen LogP contribution in [0.15, 0.2) is 4.90 Å². The zero-order valence-corrected chi connectivity index (χ0v) is 15.3. The third-order valence-electron chi connectivity index (χ3n) is 3.26. The molecule has 0 spiro atoms. The van der Waals surface area contributed by atoms with Crippen LogP contribution < -0.4 is 10.6 Å². The van der Waals surface area contributed by atoms with Crippen molar-refractivity contribution in [1.29, 1.82) is 0 Å². The monoisotopic (exact) mass is 346 g/mol. The average molecular weight is 347 g/mol. The molecule has 118 valence electrons. The van der Waals surface area contributed by atoms with Gasteiger partial charge in [0, 0.05) is 23.6 Å². The Bertz CT molecular complexity index is 529. The molecule has 7 heteroatoms. The second-order valence-corrected chi connectivity index (χ2v) is 9.05. The number of nitrogen functional groups attached to an aromatic ring is 1. The summed E-state index contributed by atoms with van der Waals surface area (Å²) in [6.45, 7) is 8.64. The molecule has 1 aliphatic heterocycles. The van der Waals surface area contributed by atoms with E-state index in [0.717, 1.165) is 28.7 Å². The lowest BCUT2D eigenvalue weighted by Crippen LogP contribution is -2.43. The quantitative estimate of drug-likeness (QED) is 0.664. The van der Waals surface area contributed by atoms with E-state index in [4.69, 9.17) is 10.5 Å². The molecule has 0 unspecified atom stereocenters. The average Bonchev–Trinajstić information content (AvgIpc) is 2.75. The third-order valence-corrected chi connectivity index (χ3v) is 6.75. The van der Waals surface area contributed by atoms with Crippen LogP contribution in [0.3, 0.4) is 0 Å². The molecular formula is C14H22N2O2S3. The van der Waals surface area contributed by atoms with Crippen LogP contribution in [0.4, 0.5) is 10.7 Å². The van der Waals surface area contributed by atoms with Crippen LogP contribution >= 0.6 is 34.9 Å². The van der Waals surface area contributed by atoms with Gasteiger partial charge in [0.15, 0.2) is 0 Å². The number of thioether (sulfide) groups is 2. The lowest BCUT2D eigenvalue weighted by atomic mass is 10.2. The summed E-state index contributed by atoms with van der Waals surface area (Å²) in [4.78, 5) is 15.9. The van der Waals surface area contributed by atoms with Gasteiger partial charge in [-0.1, -0.05) is 0 Å². The van der Waals surface area contributed by atoms with Crippen molar-refractivity contribution >= 4 is 51.5 Å². The van der Waals surface area contributed by atoms with E-state index in [0.29, 0.717) is 17.2 Å². The van der Waals surface area contributed by atoms with Crippen LogP contribution in [-0.4, -0.2) is 42.4 Å². The highest BCUT2D eigenvalue weighted by Crippen LogP contribution is 2.46. The molecule has 2 N–H and O–H groups in total. The molecule has 0 aromatic carbocycles. The minimum atomic E-state index is -0.313. The first-order chi connectivity index (χ1) is 9.89. The molecule has 1 fully saturated rings. The van der Waals surface area contributed by atoms with Crippen molar-refractivity contribution in [2.45, 2.75) is 30.4 Å². The summed E-state index contributed by atoms with van der Waals surface area (Å²) in [5.41, 5.74) is 6.74. The molecular weight excluding hydrogens is 324 g/mol. The molecule has 21 heavy (non-hydrogen) atoms. The molecule has 1 aliphatic rings. The highest BCUT2D eigenvalue weighted by atomic mass is 32.2. The summed E-state index contributed by atoms with van der Waals surface area (Å²) in [5, 5.41) is 1.11. The predicted octanol–water partition coefficient (Wildman–Crippen LogP) is 3.56. The Morgan fingerprint density at radius 1 is 1.52 bits per heavy atom. The fourth-order valence-corrected chi connectivity index (χ4v) is 5.57. The first kappa shape index (κ1) is 16.8. The molecule has 0 amide bonds. The number of thiophene rings is 1. The van der Waals surface area contributed by atoms with Gasteiger partial charge in [0.2, 0.25) is 0 Å². The van der Waals surface area contributed by atoms with Gasteiger partial charge in [-0.05, 0) is 27.0 Å². The second-order valence-electron chi connectivity index (χ2n) is 5.43. The Labute approximate surface area is 138 Å². The smallest absolute Gasteiger partial charge is 0.350 e. The Morgan fingerprint density at radius 2 is 2.24 bits per heavy atom. The Balaban J connectivity index is 2.35. The molecule has 0 bridgehead atoms. The fraction of sp³-hybridized carbons (Fsp3) is 0.643. The van der Waals surface area contributed by atoms with Gasteiger partial charge >= 0.3 is 5.97 Å². The predicted molar refractivity (Wildman–Crippen MR) is 95.2 cm³/mol. The van der Waals surface area contributed by atoms with Crippen LogP contribution in [0.25, 0.3) is 0 Å². The second kappa shape index (κ2) is 6.71. The zero-order valence-electron chi connectivity index (χ0n) is 12.9. The first-order valence-corrected chi connectivity index (χ1v) is 9.94. The lowest BCUT2D eigenvalue weighted by molar-refractivity contribution is 0.0533. The number of carbonyl (C=O) groups is 1. The molecule has 2 heterocycles. The summed E-state index contributed by atoms with van der Waals surface area (Å²) >= 11 is 5.05. The Hall–Kier alpha value is -0.530. The van der Waals surface area contributed by atoms with E-state index in [1.165, 1.54) is 11.3 Å². The van der Waals surface area contributed by atoms with E-state index in [-0.39, 0.29) is 10.7 Å². The summed E-state index contributed by atoms with van der Waals surface area (Å²) in [6.07, 6.45) is 2.00. The van der Waals surface area contributed by atoms with Gasteiger partial charge in [-0.25, -0.2) is 4.79 Å². The van der Waals surface area contributed by atoms with E-state index >= 15 is 0 Å². The summed E-state index contributed by atoms with van der Waals surface area (Å²) < 4.78 is 5.33. The number of hydrogen-bond donors (Lipinski definition) is 1. The van der Waals surface area contributed by atoms with Gasteiger partial charge in [-0.15, -0.1) is 23.1 Å². The number of nitrogens with zero attached hydrogens (tertiary/aromatic N) is 1. The molecule has 4 nitrogen and oxygen atoms in total.